The van der Waals surface area contributed by atoms with Gasteiger partial charge in [-0.2, -0.15) is 0 Å². The fraction of sp³-hybridized carbons (Fsp3) is 0.375. The molecule has 0 bridgehead atoms. The molecule has 2 nitrogen and oxygen atoms in total. The molecule has 4 heteroatoms. The molecule has 0 radical (unpaired) electrons. The van der Waals surface area contributed by atoms with E-state index in [0.717, 1.165) is 15.7 Å². The molecule has 0 fully saturated rings. The Labute approximate surface area is 129 Å². The minimum absolute atomic E-state index is 0.0425. The SMILES string of the molecule is CCSC1=N/C(=C\c2ccc(C(C)(C)C)cc2)C(=O)S1. The Hall–Kier alpha value is -1.000. The molecule has 1 aliphatic rings. The number of thioether (sulfide) groups is 2. The van der Waals surface area contributed by atoms with Crippen LogP contribution in [0.3, 0.4) is 0 Å². The van der Waals surface area contributed by atoms with Crippen LogP contribution in [0, 0.1) is 0 Å². The molecule has 106 valence electrons. The van der Waals surface area contributed by atoms with Gasteiger partial charge in [0.1, 0.15) is 10.1 Å². The maximum atomic E-state index is 11.9. The molecule has 0 N–H and O–H groups in total. The molecule has 1 aromatic carbocycles. The summed E-state index contributed by atoms with van der Waals surface area (Å²) >= 11 is 2.84. The second-order valence-corrected chi connectivity index (χ2v) is 8.07. The van der Waals surface area contributed by atoms with Crippen LogP contribution in [0.25, 0.3) is 6.08 Å². The smallest absolute Gasteiger partial charge is 0.244 e. The van der Waals surface area contributed by atoms with Gasteiger partial charge in [0.2, 0.25) is 5.12 Å². The summed E-state index contributed by atoms with van der Waals surface area (Å²) in [5.74, 6) is 0.937. The van der Waals surface area contributed by atoms with E-state index in [1.807, 2.05) is 18.2 Å². The second kappa shape index (κ2) is 6.19. The van der Waals surface area contributed by atoms with E-state index < -0.39 is 0 Å². The highest BCUT2D eigenvalue weighted by Gasteiger charge is 2.22. The summed E-state index contributed by atoms with van der Waals surface area (Å²) in [5.41, 5.74) is 3.01. The summed E-state index contributed by atoms with van der Waals surface area (Å²) in [4.78, 5) is 16.2. The van der Waals surface area contributed by atoms with Crippen molar-refractivity contribution in [1.82, 2.24) is 0 Å². The Morgan fingerprint density at radius 1 is 1.25 bits per heavy atom. The first kappa shape index (κ1) is 15.4. The van der Waals surface area contributed by atoms with Crippen LogP contribution in [0.5, 0.6) is 0 Å². The van der Waals surface area contributed by atoms with Gasteiger partial charge in [-0.05, 0) is 40.1 Å². The van der Waals surface area contributed by atoms with Gasteiger partial charge in [-0.1, -0.05) is 63.7 Å². The molecule has 0 unspecified atom stereocenters. The van der Waals surface area contributed by atoms with E-state index in [4.69, 9.17) is 0 Å². The van der Waals surface area contributed by atoms with Gasteiger partial charge >= 0.3 is 0 Å². The Balaban J connectivity index is 2.21. The molecule has 0 saturated carbocycles. The standard InChI is InChI=1S/C16H19NOS2/c1-5-19-15-17-13(14(18)20-15)10-11-6-8-12(9-7-11)16(2,3)4/h6-10H,5H2,1-4H3/b13-10-. The lowest BCUT2D eigenvalue weighted by Crippen LogP contribution is -2.10. The number of aliphatic imine (C=N–C) groups is 1. The van der Waals surface area contributed by atoms with E-state index in [2.05, 4.69) is 44.8 Å². The van der Waals surface area contributed by atoms with Gasteiger partial charge < -0.3 is 0 Å². The Kier molecular flexibility index (Phi) is 4.76. The molecule has 0 spiro atoms. The number of nitrogens with zero attached hydrogens (tertiary/aromatic N) is 1. The summed E-state index contributed by atoms with van der Waals surface area (Å²) < 4.78 is 0.857. The lowest BCUT2D eigenvalue weighted by atomic mass is 9.87. The minimum atomic E-state index is 0.0425. The van der Waals surface area contributed by atoms with E-state index in [-0.39, 0.29) is 10.5 Å². The van der Waals surface area contributed by atoms with Gasteiger partial charge in [-0.3, -0.25) is 4.79 Å². The van der Waals surface area contributed by atoms with Crippen molar-refractivity contribution in [3.8, 4) is 0 Å². The van der Waals surface area contributed by atoms with E-state index in [1.54, 1.807) is 11.8 Å². The average molecular weight is 305 g/mol. The third-order valence-corrected chi connectivity index (χ3v) is 4.84. The highest BCUT2D eigenvalue weighted by Crippen LogP contribution is 2.31. The molecule has 0 atom stereocenters. The van der Waals surface area contributed by atoms with Gasteiger partial charge in [-0.25, -0.2) is 4.99 Å². The maximum absolute atomic E-state index is 11.9. The van der Waals surface area contributed by atoms with Gasteiger partial charge in [0.15, 0.2) is 0 Å². The first-order chi connectivity index (χ1) is 9.40. The zero-order chi connectivity index (χ0) is 14.8. The van der Waals surface area contributed by atoms with Crippen molar-refractivity contribution < 1.29 is 4.79 Å². The molecular weight excluding hydrogens is 286 g/mol. The summed E-state index contributed by atoms with van der Waals surface area (Å²) in [6.07, 6.45) is 1.87. The number of hydrogen-bond acceptors (Lipinski definition) is 4. The summed E-state index contributed by atoms with van der Waals surface area (Å²) in [5, 5.41) is 0.0425. The van der Waals surface area contributed by atoms with Gasteiger partial charge in [-0.15, -0.1) is 0 Å². The number of carbonyl (C=O) groups excluding carboxylic acids is 1. The monoisotopic (exact) mass is 305 g/mol. The molecule has 1 aliphatic heterocycles. The Bertz CT molecular complexity index is 565. The summed E-state index contributed by atoms with van der Waals surface area (Å²) in [7, 11) is 0. The van der Waals surface area contributed by atoms with Crippen molar-refractivity contribution in [3.63, 3.8) is 0 Å². The molecule has 1 heterocycles. The highest BCUT2D eigenvalue weighted by atomic mass is 32.2. The fourth-order valence-corrected chi connectivity index (χ4v) is 3.55. The first-order valence-electron chi connectivity index (χ1n) is 6.66. The zero-order valence-corrected chi connectivity index (χ0v) is 13.9. The van der Waals surface area contributed by atoms with Gasteiger partial charge in [0.05, 0.1) is 0 Å². The molecule has 0 aliphatic carbocycles. The van der Waals surface area contributed by atoms with Crippen LogP contribution in [0.15, 0.2) is 35.0 Å². The van der Waals surface area contributed by atoms with Crippen molar-refractivity contribution in [2.75, 3.05) is 5.75 Å². The molecule has 0 aromatic heterocycles. The number of hydrogen-bond donors (Lipinski definition) is 0. The molecular formula is C16H19NOS2. The van der Waals surface area contributed by atoms with Crippen molar-refractivity contribution >= 4 is 39.1 Å². The van der Waals surface area contributed by atoms with Crippen LogP contribution in [0.1, 0.15) is 38.8 Å². The summed E-state index contributed by atoms with van der Waals surface area (Å²) in [6.45, 7) is 8.63. The fourth-order valence-electron chi connectivity index (χ4n) is 1.81. The molecule has 20 heavy (non-hydrogen) atoms. The molecule has 2 rings (SSSR count). The predicted molar refractivity (Wildman–Crippen MR) is 91.3 cm³/mol. The normalized spacial score (nSPS) is 17.7. The van der Waals surface area contributed by atoms with Crippen LogP contribution in [0.4, 0.5) is 0 Å². The first-order valence-corrected chi connectivity index (χ1v) is 8.46. The van der Waals surface area contributed by atoms with Crippen LogP contribution in [-0.4, -0.2) is 15.2 Å². The quantitative estimate of drug-likeness (QED) is 0.741. The summed E-state index contributed by atoms with van der Waals surface area (Å²) in [6, 6.07) is 8.33. The highest BCUT2D eigenvalue weighted by molar-refractivity contribution is 8.45. The van der Waals surface area contributed by atoms with Crippen molar-refractivity contribution in [1.29, 1.82) is 0 Å². The predicted octanol–water partition coefficient (Wildman–Crippen LogP) is 4.71. The van der Waals surface area contributed by atoms with Crippen LogP contribution >= 0.6 is 23.5 Å². The van der Waals surface area contributed by atoms with Crippen molar-refractivity contribution in [2.45, 2.75) is 33.1 Å². The van der Waals surface area contributed by atoms with Crippen LogP contribution in [0.2, 0.25) is 0 Å². The third kappa shape index (κ3) is 3.76. The molecule has 1 aromatic rings. The van der Waals surface area contributed by atoms with Crippen LogP contribution in [-0.2, 0) is 10.2 Å². The molecule has 0 amide bonds. The van der Waals surface area contributed by atoms with E-state index in [0.29, 0.717) is 5.70 Å². The lowest BCUT2D eigenvalue weighted by molar-refractivity contribution is -0.107. The van der Waals surface area contributed by atoms with Gasteiger partial charge in [0, 0.05) is 0 Å². The lowest BCUT2D eigenvalue weighted by Gasteiger charge is -2.18. The zero-order valence-electron chi connectivity index (χ0n) is 12.3. The van der Waals surface area contributed by atoms with E-state index in [1.165, 1.54) is 17.3 Å². The topological polar surface area (TPSA) is 29.4 Å². The number of carbonyl (C=O) groups is 1. The Morgan fingerprint density at radius 3 is 2.45 bits per heavy atom. The number of rotatable bonds is 2. The second-order valence-electron chi connectivity index (χ2n) is 5.60. The third-order valence-electron chi connectivity index (χ3n) is 2.95. The van der Waals surface area contributed by atoms with Crippen molar-refractivity contribution in [2.24, 2.45) is 4.99 Å². The van der Waals surface area contributed by atoms with E-state index >= 15 is 0 Å². The van der Waals surface area contributed by atoms with Crippen LogP contribution < -0.4 is 0 Å². The van der Waals surface area contributed by atoms with E-state index in [9.17, 15) is 4.79 Å². The van der Waals surface area contributed by atoms with Crippen molar-refractivity contribution in [3.05, 3.63) is 41.1 Å². The maximum Gasteiger partial charge on any atom is 0.244 e. The van der Waals surface area contributed by atoms with Gasteiger partial charge in [0.25, 0.3) is 0 Å². The minimum Gasteiger partial charge on any atom is -0.279 e. The average Bonchev–Trinajstić information content (AvgIpc) is 2.70. The Morgan fingerprint density at radius 2 is 1.90 bits per heavy atom. The largest absolute Gasteiger partial charge is 0.279 e. The number of benzene rings is 1. The molecule has 0 saturated heterocycles.